The number of nitrogens with zero attached hydrogens (tertiary/aromatic N) is 3. The minimum absolute atomic E-state index is 0.110. The van der Waals surface area contributed by atoms with Gasteiger partial charge in [0.15, 0.2) is 10.4 Å². The fourth-order valence-corrected chi connectivity index (χ4v) is 3.84. The van der Waals surface area contributed by atoms with Crippen molar-refractivity contribution in [1.29, 1.82) is 0 Å². The van der Waals surface area contributed by atoms with Gasteiger partial charge in [-0.05, 0) is 53.5 Å². The highest BCUT2D eigenvalue weighted by Crippen LogP contribution is 2.24. The summed E-state index contributed by atoms with van der Waals surface area (Å²) in [4.78, 5) is 28.8. The van der Waals surface area contributed by atoms with E-state index in [4.69, 9.17) is 4.42 Å². The number of carbonyl (C=O) groups is 2. The number of aromatic amines is 1. The largest absolute Gasteiger partial charge is 0.444 e. The second-order valence-corrected chi connectivity index (χ2v) is 7.95. The number of hydrogen-bond donors (Lipinski definition) is 1. The number of nitrogens with one attached hydrogen (secondary N) is 1. The maximum absolute atomic E-state index is 12.9. The Balaban J connectivity index is 1.41. The number of furan rings is 1. The molecule has 0 spiro atoms. The summed E-state index contributed by atoms with van der Waals surface area (Å²) in [5.41, 5.74) is 4.52. The van der Waals surface area contributed by atoms with Gasteiger partial charge < -0.3 is 14.2 Å². The first-order valence-electron chi connectivity index (χ1n) is 9.39. The minimum Gasteiger partial charge on any atom is -0.444 e. The summed E-state index contributed by atoms with van der Waals surface area (Å²) in [6.07, 6.45) is 0. The van der Waals surface area contributed by atoms with E-state index in [0.717, 1.165) is 16.8 Å². The van der Waals surface area contributed by atoms with Crippen LogP contribution in [0.15, 0.2) is 45.5 Å². The molecule has 1 aliphatic heterocycles. The third-order valence-electron chi connectivity index (χ3n) is 5.10. The first-order valence-corrected chi connectivity index (χ1v) is 10.2. The lowest BCUT2D eigenvalue weighted by molar-refractivity contribution is 0.0514. The van der Waals surface area contributed by atoms with Crippen LogP contribution in [0, 0.1) is 13.8 Å². The van der Waals surface area contributed by atoms with Crippen molar-refractivity contribution >= 4 is 27.7 Å². The number of aryl methyl sites for hydroxylation is 2. The summed E-state index contributed by atoms with van der Waals surface area (Å²) >= 11 is 3.21. The van der Waals surface area contributed by atoms with Gasteiger partial charge in [0, 0.05) is 31.7 Å². The maximum Gasteiger partial charge on any atom is 0.289 e. The molecule has 0 atom stereocenters. The van der Waals surface area contributed by atoms with Crippen LogP contribution in [0.5, 0.6) is 0 Å². The van der Waals surface area contributed by atoms with E-state index in [2.05, 4.69) is 32.2 Å². The summed E-state index contributed by atoms with van der Waals surface area (Å²) in [7, 11) is 0. The summed E-state index contributed by atoms with van der Waals surface area (Å²) in [5, 5.41) is 7.19. The van der Waals surface area contributed by atoms with Crippen LogP contribution in [0.4, 0.5) is 0 Å². The van der Waals surface area contributed by atoms with Gasteiger partial charge in [-0.1, -0.05) is 23.8 Å². The van der Waals surface area contributed by atoms with Crippen molar-refractivity contribution < 1.29 is 14.0 Å². The van der Waals surface area contributed by atoms with Gasteiger partial charge in [0.05, 0.1) is 5.69 Å². The number of aromatic nitrogens is 2. The lowest BCUT2D eigenvalue weighted by Gasteiger charge is -2.34. The third-order valence-corrected chi connectivity index (χ3v) is 5.53. The van der Waals surface area contributed by atoms with Crippen LogP contribution in [0.2, 0.25) is 0 Å². The Labute approximate surface area is 176 Å². The quantitative estimate of drug-likeness (QED) is 0.651. The van der Waals surface area contributed by atoms with E-state index >= 15 is 0 Å². The molecule has 1 N–H and O–H groups in total. The molecule has 3 heterocycles. The Kier molecular flexibility index (Phi) is 5.27. The zero-order chi connectivity index (χ0) is 20.5. The van der Waals surface area contributed by atoms with Gasteiger partial charge in [-0.15, -0.1) is 0 Å². The third kappa shape index (κ3) is 3.98. The number of amides is 2. The lowest BCUT2D eigenvalue weighted by atomic mass is 10.0. The number of piperazine rings is 1. The summed E-state index contributed by atoms with van der Waals surface area (Å²) < 4.78 is 5.86. The van der Waals surface area contributed by atoms with E-state index in [9.17, 15) is 9.59 Å². The summed E-state index contributed by atoms with van der Waals surface area (Å²) in [6.45, 7) is 5.92. The molecule has 8 heteroatoms. The van der Waals surface area contributed by atoms with Crippen molar-refractivity contribution in [3.8, 4) is 11.3 Å². The SMILES string of the molecule is Cc1ccc(-c2cc(C(=O)N3CCN(C(=O)c4ccc(Br)o4)CC3)[nH]n2)c(C)c1. The summed E-state index contributed by atoms with van der Waals surface area (Å²) in [5.74, 6) is 0.0196. The Morgan fingerprint density at radius 3 is 2.31 bits per heavy atom. The molecule has 2 aromatic heterocycles. The van der Waals surface area contributed by atoms with Crippen molar-refractivity contribution in [2.75, 3.05) is 26.2 Å². The second-order valence-electron chi connectivity index (χ2n) is 7.17. The molecule has 0 unspecified atom stereocenters. The van der Waals surface area contributed by atoms with Crippen molar-refractivity contribution in [2.45, 2.75) is 13.8 Å². The van der Waals surface area contributed by atoms with E-state index in [1.165, 1.54) is 5.56 Å². The van der Waals surface area contributed by atoms with Crippen LogP contribution in [0.25, 0.3) is 11.3 Å². The fourth-order valence-electron chi connectivity index (χ4n) is 3.54. The molecule has 29 heavy (non-hydrogen) atoms. The molecule has 1 aliphatic rings. The molecule has 150 valence electrons. The first-order chi connectivity index (χ1) is 13.9. The number of hydrogen-bond acceptors (Lipinski definition) is 4. The molecule has 0 aliphatic carbocycles. The molecule has 1 fully saturated rings. The van der Waals surface area contributed by atoms with Crippen molar-refractivity contribution in [3.05, 3.63) is 63.6 Å². The zero-order valence-corrected chi connectivity index (χ0v) is 17.8. The van der Waals surface area contributed by atoms with Gasteiger partial charge in [0.2, 0.25) is 0 Å². The molecule has 0 radical (unpaired) electrons. The molecule has 0 bridgehead atoms. The van der Waals surface area contributed by atoms with Crippen LogP contribution < -0.4 is 0 Å². The summed E-state index contributed by atoms with van der Waals surface area (Å²) in [6, 6.07) is 11.3. The number of benzene rings is 1. The van der Waals surface area contributed by atoms with Gasteiger partial charge in [0.1, 0.15) is 5.69 Å². The normalized spacial score (nSPS) is 14.3. The standard InChI is InChI=1S/C21H21BrN4O3/c1-13-3-4-15(14(2)11-13)16-12-17(24-23-16)20(27)25-7-9-26(10-8-25)21(28)18-5-6-19(22)29-18/h3-6,11-12H,7-10H2,1-2H3,(H,23,24). The van der Waals surface area contributed by atoms with Crippen molar-refractivity contribution in [2.24, 2.45) is 0 Å². The van der Waals surface area contributed by atoms with Crippen LogP contribution in [0.3, 0.4) is 0 Å². The van der Waals surface area contributed by atoms with Crippen molar-refractivity contribution in [3.63, 3.8) is 0 Å². The smallest absolute Gasteiger partial charge is 0.289 e. The van der Waals surface area contributed by atoms with E-state index in [0.29, 0.717) is 42.3 Å². The topological polar surface area (TPSA) is 82.4 Å². The van der Waals surface area contributed by atoms with E-state index in [-0.39, 0.29) is 11.8 Å². The average molecular weight is 457 g/mol. The monoisotopic (exact) mass is 456 g/mol. The molecule has 3 aromatic rings. The fraction of sp³-hybridized carbons (Fsp3) is 0.286. The number of rotatable bonds is 3. The van der Waals surface area contributed by atoms with Gasteiger partial charge in [0.25, 0.3) is 11.8 Å². The maximum atomic E-state index is 12.9. The molecular formula is C21H21BrN4O3. The molecule has 0 saturated carbocycles. The Hall–Kier alpha value is -2.87. The minimum atomic E-state index is -0.165. The van der Waals surface area contributed by atoms with E-state index < -0.39 is 0 Å². The Morgan fingerprint density at radius 1 is 1.00 bits per heavy atom. The molecule has 1 aromatic carbocycles. The van der Waals surface area contributed by atoms with Gasteiger partial charge in [-0.3, -0.25) is 14.7 Å². The molecule has 1 saturated heterocycles. The first kappa shape index (κ1) is 19.4. The lowest BCUT2D eigenvalue weighted by Crippen LogP contribution is -2.50. The van der Waals surface area contributed by atoms with Crippen molar-refractivity contribution in [1.82, 2.24) is 20.0 Å². The van der Waals surface area contributed by atoms with Crippen LogP contribution in [0.1, 0.15) is 32.2 Å². The molecular weight excluding hydrogens is 436 g/mol. The predicted octanol–water partition coefficient (Wildman–Crippen LogP) is 3.65. The highest BCUT2D eigenvalue weighted by Gasteiger charge is 2.27. The van der Waals surface area contributed by atoms with Gasteiger partial charge in [-0.25, -0.2) is 0 Å². The Morgan fingerprint density at radius 2 is 1.69 bits per heavy atom. The van der Waals surface area contributed by atoms with E-state index in [1.54, 1.807) is 28.0 Å². The van der Waals surface area contributed by atoms with Gasteiger partial charge >= 0.3 is 0 Å². The molecule has 4 rings (SSSR count). The zero-order valence-electron chi connectivity index (χ0n) is 16.2. The number of carbonyl (C=O) groups excluding carboxylic acids is 2. The van der Waals surface area contributed by atoms with Crippen LogP contribution in [-0.2, 0) is 0 Å². The Bertz CT molecular complexity index is 1060. The highest BCUT2D eigenvalue weighted by atomic mass is 79.9. The molecule has 2 amide bonds. The highest BCUT2D eigenvalue weighted by molar-refractivity contribution is 9.10. The van der Waals surface area contributed by atoms with Crippen LogP contribution in [-0.4, -0.2) is 58.0 Å². The predicted molar refractivity (Wildman–Crippen MR) is 112 cm³/mol. The number of H-pyrrole nitrogens is 1. The molecule has 7 nitrogen and oxygen atoms in total. The van der Waals surface area contributed by atoms with Gasteiger partial charge in [-0.2, -0.15) is 5.10 Å². The second kappa shape index (κ2) is 7.87. The van der Waals surface area contributed by atoms with Crippen LogP contribution >= 0.6 is 15.9 Å². The average Bonchev–Trinajstić information content (AvgIpc) is 3.36. The number of halogens is 1. The van der Waals surface area contributed by atoms with E-state index in [1.807, 2.05) is 26.0 Å².